The monoisotopic (exact) mass is 353 g/mol. The van der Waals surface area contributed by atoms with Crippen molar-refractivity contribution in [3.8, 4) is 11.5 Å². The highest BCUT2D eigenvalue weighted by Gasteiger charge is 2.23. The third-order valence-electron chi connectivity index (χ3n) is 4.64. The van der Waals surface area contributed by atoms with Crippen LogP contribution in [-0.4, -0.2) is 36.0 Å². The first kappa shape index (κ1) is 18.5. The number of Topliss-reactive ketones (excluding diaryl/α,β-unsaturated/α-hetero) is 1. The van der Waals surface area contributed by atoms with E-state index in [1.165, 1.54) is 5.56 Å². The zero-order chi connectivity index (χ0) is 18.6. The molecule has 0 aromatic heterocycles. The molecule has 0 bridgehead atoms. The fourth-order valence-electron chi connectivity index (χ4n) is 3.05. The van der Waals surface area contributed by atoms with Gasteiger partial charge in [-0.15, -0.1) is 0 Å². The van der Waals surface area contributed by atoms with Crippen molar-refractivity contribution in [2.24, 2.45) is 0 Å². The van der Waals surface area contributed by atoms with E-state index in [1.807, 2.05) is 18.2 Å². The zero-order valence-electron chi connectivity index (χ0n) is 15.8. The van der Waals surface area contributed by atoms with Gasteiger partial charge in [0.25, 0.3) is 0 Å². The van der Waals surface area contributed by atoms with Gasteiger partial charge in [0.1, 0.15) is 13.2 Å². The molecule has 0 aliphatic carbocycles. The lowest BCUT2D eigenvalue weighted by atomic mass is 10.0. The Labute approximate surface area is 155 Å². The molecule has 1 heterocycles. The number of carbonyl (C=O) groups is 1. The molecule has 2 aromatic carbocycles. The lowest BCUT2D eigenvalue weighted by Crippen LogP contribution is -2.42. The van der Waals surface area contributed by atoms with Gasteiger partial charge in [0.2, 0.25) is 0 Å². The molecule has 0 N–H and O–H groups in total. The predicted molar refractivity (Wildman–Crippen MR) is 103 cm³/mol. The maximum absolute atomic E-state index is 12.7. The lowest BCUT2D eigenvalue weighted by molar-refractivity contribution is 0.0895. The number of fused-ring (bicyclic) bond motifs is 1. The Morgan fingerprint density at radius 1 is 1.00 bits per heavy atom. The molecule has 0 spiro atoms. The van der Waals surface area contributed by atoms with Gasteiger partial charge in [-0.1, -0.05) is 30.3 Å². The van der Waals surface area contributed by atoms with Gasteiger partial charge in [-0.05, 0) is 44.5 Å². The molecular formula is C22H27NO3. The van der Waals surface area contributed by atoms with Gasteiger partial charge in [0.15, 0.2) is 17.3 Å². The summed E-state index contributed by atoms with van der Waals surface area (Å²) in [7, 11) is 0. The van der Waals surface area contributed by atoms with Crippen LogP contribution in [0.2, 0.25) is 0 Å². The zero-order valence-corrected chi connectivity index (χ0v) is 15.8. The van der Waals surface area contributed by atoms with Crippen LogP contribution in [-0.2, 0) is 6.54 Å². The van der Waals surface area contributed by atoms with Crippen LogP contribution in [0.1, 0.15) is 43.1 Å². The van der Waals surface area contributed by atoms with Crippen molar-refractivity contribution in [2.75, 3.05) is 19.8 Å². The average molecular weight is 353 g/mol. The maximum Gasteiger partial charge on any atom is 0.164 e. The van der Waals surface area contributed by atoms with Gasteiger partial charge in [-0.25, -0.2) is 0 Å². The van der Waals surface area contributed by atoms with Gasteiger partial charge >= 0.3 is 0 Å². The Morgan fingerprint density at radius 2 is 1.69 bits per heavy atom. The summed E-state index contributed by atoms with van der Waals surface area (Å²) in [5.41, 5.74) is 1.93. The SMILES string of the molecule is CC(C)(C)N(CCC(=O)c1ccc2c(c1)OCCO2)Cc1ccccc1. The Bertz CT molecular complexity index is 750. The van der Waals surface area contributed by atoms with Crippen molar-refractivity contribution >= 4 is 5.78 Å². The standard InChI is InChI=1S/C22H27NO3/c1-22(2,3)23(16-17-7-5-4-6-8-17)12-11-19(24)18-9-10-20-21(15-18)26-14-13-25-20/h4-10,15H,11-14,16H2,1-3H3. The van der Waals surface area contributed by atoms with Crippen molar-refractivity contribution in [3.63, 3.8) is 0 Å². The van der Waals surface area contributed by atoms with E-state index in [9.17, 15) is 4.79 Å². The first-order valence-corrected chi connectivity index (χ1v) is 9.15. The summed E-state index contributed by atoms with van der Waals surface area (Å²) < 4.78 is 11.1. The van der Waals surface area contributed by atoms with Crippen LogP contribution in [0.3, 0.4) is 0 Å². The van der Waals surface area contributed by atoms with Crippen molar-refractivity contribution in [2.45, 2.75) is 39.3 Å². The minimum Gasteiger partial charge on any atom is -0.486 e. The molecule has 0 fully saturated rings. The third-order valence-corrected chi connectivity index (χ3v) is 4.64. The van der Waals surface area contributed by atoms with Gasteiger partial charge in [-0.3, -0.25) is 9.69 Å². The van der Waals surface area contributed by atoms with E-state index >= 15 is 0 Å². The summed E-state index contributed by atoms with van der Waals surface area (Å²) in [4.78, 5) is 15.0. The number of ketones is 1. The van der Waals surface area contributed by atoms with E-state index in [4.69, 9.17) is 9.47 Å². The number of benzene rings is 2. The van der Waals surface area contributed by atoms with Crippen LogP contribution in [0.25, 0.3) is 0 Å². The van der Waals surface area contributed by atoms with E-state index in [0.717, 1.165) is 6.54 Å². The summed E-state index contributed by atoms with van der Waals surface area (Å²) in [6, 6.07) is 15.8. The fraction of sp³-hybridized carbons (Fsp3) is 0.409. The predicted octanol–water partition coefficient (Wildman–Crippen LogP) is 4.33. The minimum atomic E-state index is -0.0110. The van der Waals surface area contributed by atoms with Gasteiger partial charge in [-0.2, -0.15) is 0 Å². The van der Waals surface area contributed by atoms with Crippen molar-refractivity contribution in [1.29, 1.82) is 0 Å². The van der Waals surface area contributed by atoms with Crippen LogP contribution in [0.4, 0.5) is 0 Å². The van der Waals surface area contributed by atoms with Gasteiger partial charge in [0.05, 0.1) is 0 Å². The van der Waals surface area contributed by atoms with Crippen LogP contribution >= 0.6 is 0 Å². The molecule has 26 heavy (non-hydrogen) atoms. The van der Waals surface area contributed by atoms with E-state index in [1.54, 1.807) is 6.07 Å². The average Bonchev–Trinajstić information content (AvgIpc) is 2.64. The normalized spacial score (nSPS) is 13.7. The molecule has 0 saturated carbocycles. The maximum atomic E-state index is 12.7. The molecule has 0 unspecified atom stereocenters. The van der Waals surface area contributed by atoms with Gasteiger partial charge in [0, 0.05) is 30.6 Å². The summed E-state index contributed by atoms with van der Waals surface area (Å²) >= 11 is 0. The molecule has 138 valence electrons. The van der Waals surface area contributed by atoms with Crippen LogP contribution < -0.4 is 9.47 Å². The second-order valence-corrected chi connectivity index (χ2v) is 7.61. The van der Waals surface area contributed by atoms with Crippen molar-refractivity contribution in [3.05, 3.63) is 59.7 Å². The van der Waals surface area contributed by atoms with Crippen LogP contribution in [0.5, 0.6) is 11.5 Å². The fourth-order valence-corrected chi connectivity index (χ4v) is 3.05. The molecule has 3 rings (SSSR count). The van der Waals surface area contributed by atoms with Crippen LogP contribution in [0, 0.1) is 0 Å². The molecular weight excluding hydrogens is 326 g/mol. The third kappa shape index (κ3) is 4.64. The summed E-state index contributed by atoms with van der Waals surface area (Å²) in [6.45, 7) is 9.18. The number of carbonyl (C=O) groups excluding carboxylic acids is 1. The highest BCUT2D eigenvalue weighted by Crippen LogP contribution is 2.31. The molecule has 4 heteroatoms. The Morgan fingerprint density at radius 3 is 2.38 bits per heavy atom. The molecule has 0 radical (unpaired) electrons. The second kappa shape index (κ2) is 7.92. The minimum absolute atomic E-state index is 0.0110. The summed E-state index contributed by atoms with van der Waals surface area (Å²) in [5.74, 6) is 1.51. The first-order chi connectivity index (χ1) is 12.4. The number of hydrogen-bond acceptors (Lipinski definition) is 4. The Hall–Kier alpha value is -2.33. The number of rotatable bonds is 6. The molecule has 0 atom stereocenters. The second-order valence-electron chi connectivity index (χ2n) is 7.61. The highest BCUT2D eigenvalue weighted by molar-refractivity contribution is 5.96. The van der Waals surface area contributed by atoms with E-state index in [0.29, 0.717) is 43.2 Å². The molecule has 0 amide bonds. The Balaban J connectivity index is 1.65. The molecule has 1 aliphatic heterocycles. The molecule has 2 aromatic rings. The molecule has 4 nitrogen and oxygen atoms in total. The number of nitrogens with zero attached hydrogens (tertiary/aromatic N) is 1. The largest absolute Gasteiger partial charge is 0.486 e. The van der Waals surface area contributed by atoms with E-state index in [-0.39, 0.29) is 11.3 Å². The first-order valence-electron chi connectivity index (χ1n) is 9.15. The summed E-state index contributed by atoms with van der Waals surface area (Å²) in [6.07, 6.45) is 0.476. The topological polar surface area (TPSA) is 38.8 Å². The Kier molecular flexibility index (Phi) is 5.62. The highest BCUT2D eigenvalue weighted by atomic mass is 16.6. The van der Waals surface area contributed by atoms with E-state index < -0.39 is 0 Å². The van der Waals surface area contributed by atoms with Gasteiger partial charge < -0.3 is 9.47 Å². The van der Waals surface area contributed by atoms with E-state index in [2.05, 4.69) is 49.9 Å². The molecule has 0 saturated heterocycles. The lowest BCUT2D eigenvalue weighted by Gasteiger charge is -2.35. The smallest absolute Gasteiger partial charge is 0.164 e. The van der Waals surface area contributed by atoms with Crippen molar-refractivity contribution < 1.29 is 14.3 Å². The summed E-state index contributed by atoms with van der Waals surface area (Å²) in [5, 5.41) is 0. The quantitative estimate of drug-likeness (QED) is 0.725. The van der Waals surface area contributed by atoms with Crippen LogP contribution in [0.15, 0.2) is 48.5 Å². The molecule has 1 aliphatic rings. The number of hydrogen-bond donors (Lipinski definition) is 0. The number of ether oxygens (including phenoxy) is 2. The van der Waals surface area contributed by atoms with Crippen molar-refractivity contribution in [1.82, 2.24) is 4.90 Å².